The summed E-state index contributed by atoms with van der Waals surface area (Å²) in [6.45, 7) is 3.99. The van der Waals surface area contributed by atoms with Gasteiger partial charge < -0.3 is 0 Å². The molecule has 2 rings (SSSR count). The maximum atomic E-state index is 8.91. The Labute approximate surface area is 95.2 Å². The summed E-state index contributed by atoms with van der Waals surface area (Å²) in [6.07, 6.45) is 1.84. The fourth-order valence-corrected chi connectivity index (χ4v) is 1.63. The van der Waals surface area contributed by atoms with Gasteiger partial charge in [-0.25, -0.2) is 0 Å². The van der Waals surface area contributed by atoms with E-state index >= 15 is 0 Å². The summed E-state index contributed by atoms with van der Waals surface area (Å²) < 4.78 is 0. The Kier molecular flexibility index (Phi) is 2.70. The summed E-state index contributed by atoms with van der Waals surface area (Å²) in [4.78, 5) is 4.36. The molecule has 0 bridgehead atoms. The van der Waals surface area contributed by atoms with Crippen LogP contribution in [0.4, 0.5) is 0 Å². The van der Waals surface area contributed by atoms with E-state index in [-0.39, 0.29) is 0 Å². The Morgan fingerprint density at radius 2 is 1.88 bits per heavy atom. The van der Waals surface area contributed by atoms with Gasteiger partial charge in [-0.2, -0.15) is 5.26 Å². The minimum absolute atomic E-state index is 0.678. The third-order valence-electron chi connectivity index (χ3n) is 2.41. The highest BCUT2D eigenvalue weighted by atomic mass is 14.7. The van der Waals surface area contributed by atoms with Crippen molar-refractivity contribution >= 4 is 0 Å². The molecule has 0 aliphatic rings. The van der Waals surface area contributed by atoms with E-state index in [4.69, 9.17) is 5.26 Å². The predicted molar refractivity (Wildman–Crippen MR) is 63.9 cm³/mol. The topological polar surface area (TPSA) is 36.7 Å². The molecule has 0 amide bonds. The van der Waals surface area contributed by atoms with Crippen molar-refractivity contribution in [1.82, 2.24) is 4.98 Å². The van der Waals surface area contributed by atoms with Crippen LogP contribution in [0.3, 0.4) is 0 Å². The molecule has 0 fully saturated rings. The summed E-state index contributed by atoms with van der Waals surface area (Å²) in [6, 6.07) is 11.9. The molecule has 2 aromatic rings. The minimum atomic E-state index is 0.678. The molecule has 0 N–H and O–H groups in total. The minimum Gasteiger partial charge on any atom is -0.256 e. The maximum Gasteiger partial charge on any atom is 0.0991 e. The van der Waals surface area contributed by atoms with Gasteiger partial charge in [0, 0.05) is 11.8 Å². The first-order valence-corrected chi connectivity index (χ1v) is 5.14. The third-order valence-corrected chi connectivity index (χ3v) is 2.41. The van der Waals surface area contributed by atoms with Crippen molar-refractivity contribution in [2.45, 2.75) is 13.8 Å². The van der Waals surface area contributed by atoms with Crippen LogP contribution in [-0.2, 0) is 0 Å². The molecular weight excluding hydrogens is 196 g/mol. The summed E-state index contributed by atoms with van der Waals surface area (Å²) in [5.74, 6) is 0. The molecule has 0 atom stereocenters. The summed E-state index contributed by atoms with van der Waals surface area (Å²) in [5, 5.41) is 8.91. The molecule has 2 heteroatoms. The summed E-state index contributed by atoms with van der Waals surface area (Å²) in [7, 11) is 0. The zero-order valence-corrected chi connectivity index (χ0v) is 9.36. The first-order chi connectivity index (χ1) is 7.69. The van der Waals surface area contributed by atoms with Crippen LogP contribution >= 0.6 is 0 Å². The molecule has 1 heterocycles. The van der Waals surface area contributed by atoms with Crippen molar-refractivity contribution in [3.05, 3.63) is 53.2 Å². The SMILES string of the molecule is Cc1ccc(-c2cc(C)cc(C#N)c2)nc1. The van der Waals surface area contributed by atoms with Gasteiger partial charge in [0.15, 0.2) is 0 Å². The molecule has 0 spiro atoms. The fraction of sp³-hybridized carbons (Fsp3) is 0.143. The van der Waals surface area contributed by atoms with Crippen molar-refractivity contribution in [2.75, 3.05) is 0 Å². The number of hydrogen-bond donors (Lipinski definition) is 0. The number of rotatable bonds is 1. The van der Waals surface area contributed by atoms with E-state index in [0.717, 1.165) is 22.4 Å². The van der Waals surface area contributed by atoms with E-state index in [0.29, 0.717) is 5.56 Å². The van der Waals surface area contributed by atoms with Crippen LogP contribution in [0.5, 0.6) is 0 Å². The van der Waals surface area contributed by atoms with Crippen molar-refractivity contribution in [2.24, 2.45) is 0 Å². The second kappa shape index (κ2) is 4.16. The van der Waals surface area contributed by atoms with Gasteiger partial charge in [0.05, 0.1) is 17.3 Å². The number of pyridine rings is 1. The van der Waals surface area contributed by atoms with Crippen LogP contribution in [0.25, 0.3) is 11.3 Å². The zero-order valence-electron chi connectivity index (χ0n) is 9.36. The van der Waals surface area contributed by atoms with E-state index in [9.17, 15) is 0 Å². The number of nitriles is 1. The molecule has 1 aromatic carbocycles. The lowest BCUT2D eigenvalue weighted by molar-refractivity contribution is 1.26. The summed E-state index contributed by atoms with van der Waals surface area (Å²) >= 11 is 0. The molecule has 0 aliphatic carbocycles. The monoisotopic (exact) mass is 208 g/mol. The lowest BCUT2D eigenvalue weighted by atomic mass is 10.0. The van der Waals surface area contributed by atoms with E-state index < -0.39 is 0 Å². The molecule has 0 unspecified atom stereocenters. The van der Waals surface area contributed by atoms with Gasteiger partial charge in [-0.15, -0.1) is 0 Å². The van der Waals surface area contributed by atoms with Gasteiger partial charge >= 0.3 is 0 Å². The fourth-order valence-electron chi connectivity index (χ4n) is 1.63. The number of nitrogens with zero attached hydrogens (tertiary/aromatic N) is 2. The third kappa shape index (κ3) is 2.09. The van der Waals surface area contributed by atoms with Gasteiger partial charge in [0.1, 0.15) is 0 Å². The standard InChI is InChI=1S/C14H12N2/c1-10-3-4-14(16-9-10)13-6-11(2)5-12(7-13)8-15/h3-7,9H,1-2H3. The molecule has 0 saturated heterocycles. The molecule has 2 nitrogen and oxygen atoms in total. The molecule has 0 aliphatic heterocycles. The van der Waals surface area contributed by atoms with E-state index in [2.05, 4.69) is 11.1 Å². The Morgan fingerprint density at radius 3 is 2.50 bits per heavy atom. The van der Waals surface area contributed by atoms with Crippen molar-refractivity contribution in [1.29, 1.82) is 5.26 Å². The average molecular weight is 208 g/mol. The zero-order chi connectivity index (χ0) is 11.5. The van der Waals surface area contributed by atoms with E-state index in [1.165, 1.54) is 0 Å². The Morgan fingerprint density at radius 1 is 1.06 bits per heavy atom. The quantitative estimate of drug-likeness (QED) is 0.721. The molecular formula is C14H12N2. The lowest BCUT2D eigenvalue weighted by Crippen LogP contribution is -1.87. The van der Waals surface area contributed by atoms with Crippen molar-refractivity contribution < 1.29 is 0 Å². The molecule has 16 heavy (non-hydrogen) atoms. The van der Waals surface area contributed by atoms with Crippen LogP contribution in [0.15, 0.2) is 36.5 Å². The first-order valence-electron chi connectivity index (χ1n) is 5.14. The Bertz CT molecular complexity index is 548. The smallest absolute Gasteiger partial charge is 0.0991 e. The normalized spacial score (nSPS) is 9.81. The Balaban J connectivity index is 2.52. The summed E-state index contributed by atoms with van der Waals surface area (Å²) in [5.41, 5.74) is 4.80. The van der Waals surface area contributed by atoms with Crippen LogP contribution in [-0.4, -0.2) is 4.98 Å². The highest BCUT2D eigenvalue weighted by molar-refractivity contribution is 5.62. The Hall–Kier alpha value is -2.14. The molecule has 78 valence electrons. The van der Waals surface area contributed by atoms with Gasteiger partial charge in [0.2, 0.25) is 0 Å². The van der Waals surface area contributed by atoms with Crippen molar-refractivity contribution in [3.63, 3.8) is 0 Å². The molecule has 0 saturated carbocycles. The lowest BCUT2D eigenvalue weighted by Gasteiger charge is -2.03. The highest BCUT2D eigenvalue weighted by Gasteiger charge is 2.02. The van der Waals surface area contributed by atoms with Crippen molar-refractivity contribution in [3.8, 4) is 17.3 Å². The van der Waals surface area contributed by atoms with Crippen LogP contribution < -0.4 is 0 Å². The van der Waals surface area contributed by atoms with E-state index in [1.54, 1.807) is 0 Å². The van der Waals surface area contributed by atoms with Gasteiger partial charge in [-0.05, 0) is 49.2 Å². The second-order valence-electron chi connectivity index (χ2n) is 3.92. The molecule has 1 aromatic heterocycles. The second-order valence-corrected chi connectivity index (χ2v) is 3.92. The van der Waals surface area contributed by atoms with Gasteiger partial charge in [-0.1, -0.05) is 6.07 Å². The average Bonchev–Trinajstić information content (AvgIpc) is 2.29. The predicted octanol–water partition coefficient (Wildman–Crippen LogP) is 3.24. The largest absolute Gasteiger partial charge is 0.256 e. The highest BCUT2D eigenvalue weighted by Crippen LogP contribution is 2.20. The van der Waals surface area contributed by atoms with Crippen LogP contribution in [0.2, 0.25) is 0 Å². The van der Waals surface area contributed by atoms with E-state index in [1.807, 2.05) is 50.4 Å². The number of benzene rings is 1. The van der Waals surface area contributed by atoms with Gasteiger partial charge in [0.25, 0.3) is 0 Å². The number of aromatic nitrogens is 1. The molecule has 0 radical (unpaired) electrons. The maximum absolute atomic E-state index is 8.91. The van der Waals surface area contributed by atoms with Gasteiger partial charge in [-0.3, -0.25) is 4.98 Å². The van der Waals surface area contributed by atoms with Crippen LogP contribution in [0, 0.1) is 25.2 Å². The first kappa shape index (κ1) is 10.4. The number of aryl methyl sites for hydroxylation is 2. The number of hydrogen-bond acceptors (Lipinski definition) is 2. The van der Waals surface area contributed by atoms with Crippen LogP contribution in [0.1, 0.15) is 16.7 Å².